The molecule has 2 atom stereocenters. The van der Waals surface area contributed by atoms with E-state index in [1.54, 1.807) is 0 Å². The summed E-state index contributed by atoms with van der Waals surface area (Å²) in [4.78, 5) is 0. The Hall–Kier alpha value is -3.78. The zero-order valence-electron chi connectivity index (χ0n) is 51.9. The Morgan fingerprint density at radius 2 is 0.821 bits per heavy atom. The molecule has 0 saturated heterocycles. The molecule has 1 heterocycles. The van der Waals surface area contributed by atoms with Crippen molar-refractivity contribution in [3.8, 4) is 33.4 Å². The Balaban J connectivity index is 0.000000197. The molecule has 8 aromatic rings. The third-order valence-corrected chi connectivity index (χ3v) is 17.4. The van der Waals surface area contributed by atoms with Gasteiger partial charge in [-0.3, -0.25) is 0 Å². The van der Waals surface area contributed by atoms with Crippen LogP contribution in [0, 0.1) is 6.07 Å². The van der Waals surface area contributed by atoms with Gasteiger partial charge in [-0.05, 0) is 77.7 Å². The normalized spacial score (nSPS) is 13.6. The first-order valence-electron chi connectivity index (χ1n) is 28.8. The van der Waals surface area contributed by atoms with Crippen LogP contribution in [0.5, 0.6) is 0 Å². The maximum Gasteiger partial charge on any atom is 0.0920 e. The van der Waals surface area contributed by atoms with E-state index in [0.717, 1.165) is 9.52 Å². The van der Waals surface area contributed by atoms with E-state index in [9.17, 15) is 0 Å². The van der Waals surface area contributed by atoms with Crippen LogP contribution < -0.4 is 10.4 Å². The maximum atomic E-state index is 4.93. The minimum Gasteiger partial charge on any atom is -0.184 e. The predicted molar refractivity (Wildman–Crippen MR) is 347 cm³/mol. The Morgan fingerprint density at radius 1 is 0.462 bits per heavy atom. The summed E-state index contributed by atoms with van der Waals surface area (Å²) in [6, 6.07) is 52.0. The zero-order valence-corrected chi connectivity index (χ0v) is 56.9. The molecule has 0 N–H and O–H groups in total. The number of benzene rings is 6. The van der Waals surface area contributed by atoms with Crippen LogP contribution in [0.2, 0.25) is 0 Å². The van der Waals surface area contributed by atoms with Crippen LogP contribution in [0.15, 0.2) is 127 Å². The molecule has 1 aliphatic rings. The molecule has 78 heavy (non-hydrogen) atoms. The van der Waals surface area contributed by atoms with Gasteiger partial charge in [0.1, 0.15) is 0 Å². The van der Waals surface area contributed by atoms with Crippen LogP contribution in [0.1, 0.15) is 222 Å². The van der Waals surface area contributed by atoms with E-state index in [1.807, 2.05) is 6.07 Å². The SMILES string of the molecule is CCC(C)c1cc2c(-c3cc(C(C)(C)C)cc(C(C)(C)C)c3)c(C(C)(C)C)ccc2[cH-]1.CCC(C)c1cc2c(-c3cc(C(C)(C)C)cc(C(C)(C)C)c3)c(C(C)(C)C)ccc2[cH-]1.[Cl][Zr][Cl].[c-]1cccc2c1[Si]c1ccccc1-2. The average molecular weight is 1170 g/mol. The number of hydrogen-bond acceptors (Lipinski definition) is 0. The van der Waals surface area contributed by atoms with Crippen LogP contribution in [0.3, 0.4) is 0 Å². The van der Waals surface area contributed by atoms with Crippen molar-refractivity contribution in [1.82, 2.24) is 0 Å². The fraction of sp³-hybridized carbons (Fsp3) is 0.432. The number of fused-ring (bicyclic) bond motifs is 5. The van der Waals surface area contributed by atoms with Crippen molar-refractivity contribution >= 4 is 58.5 Å². The molecule has 0 amide bonds. The molecule has 2 radical (unpaired) electrons. The van der Waals surface area contributed by atoms with Gasteiger partial charge in [-0.2, -0.15) is 41.6 Å². The van der Waals surface area contributed by atoms with Crippen molar-refractivity contribution < 1.29 is 20.8 Å². The fourth-order valence-corrected chi connectivity index (χ4v) is 11.8. The first-order chi connectivity index (χ1) is 36.1. The van der Waals surface area contributed by atoms with Crippen LogP contribution in [0.25, 0.3) is 54.9 Å². The largest absolute Gasteiger partial charge is 0.184 e. The van der Waals surface area contributed by atoms with Crippen LogP contribution in [-0.4, -0.2) is 9.52 Å². The van der Waals surface area contributed by atoms with E-state index in [1.165, 1.54) is 123 Å². The molecule has 0 saturated carbocycles. The summed E-state index contributed by atoms with van der Waals surface area (Å²) in [5.41, 5.74) is 20.4. The van der Waals surface area contributed by atoms with Crippen molar-refractivity contribution in [1.29, 1.82) is 0 Å². The Labute approximate surface area is 496 Å². The molecule has 0 fully saturated rings. The van der Waals surface area contributed by atoms with E-state index in [4.69, 9.17) is 17.0 Å². The maximum absolute atomic E-state index is 4.93. The topological polar surface area (TPSA) is 0 Å². The van der Waals surface area contributed by atoms with Gasteiger partial charge in [0, 0.05) is 0 Å². The van der Waals surface area contributed by atoms with Gasteiger partial charge in [-0.15, -0.1) is 74.6 Å². The number of halogens is 2. The zero-order chi connectivity index (χ0) is 58.1. The van der Waals surface area contributed by atoms with E-state index in [2.05, 4.69) is 280 Å². The first-order valence-corrected chi connectivity index (χ1v) is 36.1. The van der Waals surface area contributed by atoms with Gasteiger partial charge in [-0.1, -0.05) is 259 Å². The molecule has 9 rings (SSSR count). The summed E-state index contributed by atoms with van der Waals surface area (Å²) in [6.07, 6.45) is 2.34. The van der Waals surface area contributed by atoms with E-state index < -0.39 is 20.8 Å². The predicted octanol–water partition coefficient (Wildman–Crippen LogP) is 21.8. The van der Waals surface area contributed by atoms with Gasteiger partial charge in [0.2, 0.25) is 0 Å². The van der Waals surface area contributed by atoms with Gasteiger partial charge < -0.3 is 0 Å². The number of rotatable bonds is 6. The van der Waals surface area contributed by atoms with E-state index >= 15 is 0 Å². The molecule has 414 valence electrons. The molecule has 0 bridgehead atoms. The minimum absolute atomic E-state index is 0.0803. The molecular formula is C74H93Cl2SiZr-3. The molecule has 0 aromatic heterocycles. The van der Waals surface area contributed by atoms with E-state index in [0.29, 0.717) is 11.8 Å². The molecular weight excluding hydrogens is 1080 g/mol. The van der Waals surface area contributed by atoms with Crippen molar-refractivity contribution in [2.24, 2.45) is 0 Å². The molecule has 4 heteroatoms. The van der Waals surface area contributed by atoms with Crippen LogP contribution in [0.4, 0.5) is 0 Å². The molecule has 0 aliphatic carbocycles. The Morgan fingerprint density at radius 3 is 1.17 bits per heavy atom. The summed E-state index contributed by atoms with van der Waals surface area (Å²) in [5.74, 6) is 1.17. The standard InChI is InChI=1S/2C31H43.C12H7Si.2ClH.Zr/c2*1-12-20(2)22-15-21-13-14-27(31(9,10)11)28(26(21)18-22)23-16-24(29(3,4)5)19-25(17-23)30(6,7)8;1-3-7-11-9(5-1)10-6-2-4-8-12(10)13-11;;;/h2*13-20H,12H2,1-11H3;1-7H;2*1H;/q3*-1;;;+2/p-2. The second-order valence-corrected chi connectivity index (χ2v) is 33.5. The second-order valence-electron chi connectivity index (χ2n) is 28.5. The monoisotopic (exact) mass is 1170 g/mol. The van der Waals surface area contributed by atoms with Crippen molar-refractivity contribution in [3.63, 3.8) is 0 Å². The minimum atomic E-state index is -0.826. The molecule has 0 spiro atoms. The molecule has 2 unspecified atom stereocenters. The summed E-state index contributed by atoms with van der Waals surface area (Å²) in [7, 11) is 10.7. The molecule has 1 aliphatic heterocycles. The van der Waals surface area contributed by atoms with Crippen LogP contribution in [-0.2, 0) is 53.3 Å². The van der Waals surface area contributed by atoms with Gasteiger partial charge in [-0.25, -0.2) is 0 Å². The van der Waals surface area contributed by atoms with Gasteiger partial charge >= 0.3 is 37.9 Å². The molecule has 8 aromatic carbocycles. The third-order valence-electron chi connectivity index (χ3n) is 16.0. The second kappa shape index (κ2) is 24.7. The number of hydrogen-bond donors (Lipinski definition) is 0. The van der Waals surface area contributed by atoms with Gasteiger partial charge in [0.15, 0.2) is 0 Å². The smallest absolute Gasteiger partial charge is 0.0920 e. The summed E-state index contributed by atoms with van der Waals surface area (Å²) in [5, 5.41) is 8.39. The quantitative estimate of drug-likeness (QED) is 0.115. The van der Waals surface area contributed by atoms with Gasteiger partial charge in [0.25, 0.3) is 0 Å². The molecule has 0 nitrogen and oxygen atoms in total. The average Bonchev–Trinajstić information content (AvgIpc) is 4.20. The van der Waals surface area contributed by atoms with Crippen molar-refractivity contribution in [3.05, 3.63) is 178 Å². The van der Waals surface area contributed by atoms with Crippen LogP contribution >= 0.6 is 17.0 Å². The fourth-order valence-electron chi connectivity index (χ4n) is 10.5. The Kier molecular flexibility index (Phi) is 20.1. The van der Waals surface area contributed by atoms with Crippen molar-refractivity contribution in [2.45, 2.75) is 209 Å². The van der Waals surface area contributed by atoms with E-state index in [-0.39, 0.29) is 32.5 Å². The summed E-state index contributed by atoms with van der Waals surface area (Å²) >= 11 is -0.826. The third kappa shape index (κ3) is 15.0. The summed E-state index contributed by atoms with van der Waals surface area (Å²) in [6.45, 7) is 51.2. The Bertz CT molecular complexity index is 3030. The van der Waals surface area contributed by atoms with Crippen molar-refractivity contribution in [2.75, 3.05) is 0 Å². The van der Waals surface area contributed by atoms with Gasteiger partial charge in [0.05, 0.1) is 9.52 Å². The first kappa shape index (κ1) is 63.4. The summed E-state index contributed by atoms with van der Waals surface area (Å²) < 4.78 is 0.